The van der Waals surface area contributed by atoms with Gasteiger partial charge in [-0.25, -0.2) is 9.18 Å². The molecule has 3 atom stereocenters. The van der Waals surface area contributed by atoms with Crippen LogP contribution in [0.4, 0.5) is 20.6 Å². The molecule has 3 aliphatic rings. The van der Waals surface area contributed by atoms with E-state index in [4.69, 9.17) is 5.73 Å². The first-order valence-electron chi connectivity index (χ1n) is 13.9. The highest BCUT2D eigenvalue weighted by Gasteiger charge is 2.44. The molecule has 0 spiro atoms. The fourth-order valence-electron chi connectivity index (χ4n) is 7.14. The molecule has 6 nitrogen and oxygen atoms in total. The maximum Gasteiger partial charge on any atom is 0.318 e. The van der Waals surface area contributed by atoms with Crippen LogP contribution < -0.4 is 16.4 Å². The summed E-state index contributed by atoms with van der Waals surface area (Å²) in [6.07, 6.45) is 6.87. The number of halogens is 1. The summed E-state index contributed by atoms with van der Waals surface area (Å²) >= 11 is 0. The van der Waals surface area contributed by atoms with Gasteiger partial charge in [0.05, 0.1) is 11.4 Å². The van der Waals surface area contributed by atoms with E-state index in [0.717, 1.165) is 36.5 Å². The molecule has 198 valence electrons. The third-order valence-corrected chi connectivity index (χ3v) is 8.99. The number of nitrogen functional groups attached to an aromatic ring is 1. The van der Waals surface area contributed by atoms with Gasteiger partial charge in [-0.05, 0) is 103 Å². The Balaban J connectivity index is 1.06. The third kappa shape index (κ3) is 4.94. The summed E-state index contributed by atoms with van der Waals surface area (Å²) in [6, 6.07) is 18.0. The number of carbonyl (C=O) groups excluding carboxylic acids is 2. The molecule has 2 bridgehead atoms. The number of urea groups is 1. The van der Waals surface area contributed by atoms with Gasteiger partial charge < -0.3 is 21.3 Å². The molecule has 0 radical (unpaired) electrons. The normalized spacial score (nSPS) is 26.4. The molecule has 3 aromatic carbocycles. The number of likely N-dealkylation sites (tertiary alicyclic amines) is 1. The lowest BCUT2D eigenvalue weighted by Crippen LogP contribution is -2.52. The minimum atomic E-state index is -0.482. The van der Waals surface area contributed by atoms with Crippen molar-refractivity contribution < 1.29 is 14.0 Å². The molecule has 3 aromatic rings. The van der Waals surface area contributed by atoms with Crippen LogP contribution in [0.2, 0.25) is 0 Å². The Kier molecular flexibility index (Phi) is 6.68. The second-order valence-electron chi connectivity index (χ2n) is 11.3. The van der Waals surface area contributed by atoms with E-state index in [0.29, 0.717) is 42.1 Å². The number of hydrogen-bond donors (Lipinski definition) is 3. The number of nitrogens with two attached hydrogens (primary N) is 1. The number of para-hydroxylation sites is 2. The number of anilines is 2. The number of amides is 3. The first kappa shape index (κ1) is 24.7. The van der Waals surface area contributed by atoms with Crippen molar-refractivity contribution in [3.8, 4) is 0 Å². The smallest absolute Gasteiger partial charge is 0.318 e. The predicted octanol–water partition coefficient (Wildman–Crippen LogP) is 5.72. The van der Waals surface area contributed by atoms with Crippen LogP contribution in [0.25, 0.3) is 10.8 Å². The molecule has 2 saturated carbocycles. The van der Waals surface area contributed by atoms with Crippen LogP contribution in [0, 0.1) is 23.6 Å². The van der Waals surface area contributed by atoms with Gasteiger partial charge in [-0.15, -0.1) is 0 Å². The summed E-state index contributed by atoms with van der Waals surface area (Å²) in [5, 5.41) is 8.20. The summed E-state index contributed by atoms with van der Waals surface area (Å²) in [6.45, 7) is 0.586. The van der Waals surface area contributed by atoms with Crippen molar-refractivity contribution in [1.82, 2.24) is 10.2 Å². The minimum Gasteiger partial charge on any atom is -0.397 e. The molecule has 7 heteroatoms. The highest BCUT2D eigenvalue weighted by Crippen LogP contribution is 2.48. The Morgan fingerprint density at radius 2 is 1.68 bits per heavy atom. The third-order valence-electron chi connectivity index (χ3n) is 8.99. The van der Waals surface area contributed by atoms with Crippen molar-refractivity contribution in [2.45, 2.75) is 57.0 Å². The fourth-order valence-corrected chi connectivity index (χ4v) is 7.14. The topological polar surface area (TPSA) is 87.5 Å². The van der Waals surface area contributed by atoms with Gasteiger partial charge in [0.25, 0.3) is 0 Å². The highest BCUT2D eigenvalue weighted by atomic mass is 19.1. The Morgan fingerprint density at radius 1 is 0.947 bits per heavy atom. The van der Waals surface area contributed by atoms with Gasteiger partial charge in [-0.3, -0.25) is 4.79 Å². The van der Waals surface area contributed by atoms with Crippen LogP contribution in [0.5, 0.6) is 0 Å². The molecule has 6 rings (SSSR count). The first-order chi connectivity index (χ1) is 18.4. The van der Waals surface area contributed by atoms with E-state index in [9.17, 15) is 14.0 Å². The van der Waals surface area contributed by atoms with Crippen LogP contribution in [0.3, 0.4) is 0 Å². The average Bonchev–Trinajstić information content (AvgIpc) is 3.48. The number of fused-ring (bicyclic) bond motifs is 3. The Labute approximate surface area is 222 Å². The number of benzene rings is 3. The van der Waals surface area contributed by atoms with Gasteiger partial charge >= 0.3 is 6.03 Å². The van der Waals surface area contributed by atoms with E-state index in [-0.39, 0.29) is 23.8 Å². The van der Waals surface area contributed by atoms with Gasteiger partial charge in [0, 0.05) is 12.6 Å². The van der Waals surface area contributed by atoms with Gasteiger partial charge in [-0.1, -0.05) is 36.4 Å². The molecule has 3 amide bonds. The Morgan fingerprint density at radius 3 is 2.47 bits per heavy atom. The number of nitrogens with one attached hydrogen (secondary N) is 2. The summed E-state index contributed by atoms with van der Waals surface area (Å²) in [5.41, 5.74) is 8.39. The monoisotopic (exact) mass is 514 g/mol. The van der Waals surface area contributed by atoms with Crippen molar-refractivity contribution in [2.75, 3.05) is 17.6 Å². The lowest BCUT2D eigenvalue weighted by Gasteiger charge is -2.37. The molecule has 1 aliphatic heterocycles. The van der Waals surface area contributed by atoms with Gasteiger partial charge in [0.15, 0.2) is 0 Å². The van der Waals surface area contributed by atoms with Gasteiger partial charge in [0.2, 0.25) is 5.91 Å². The van der Waals surface area contributed by atoms with Crippen molar-refractivity contribution in [3.63, 3.8) is 0 Å². The summed E-state index contributed by atoms with van der Waals surface area (Å²) in [5.74, 6) is 1.40. The van der Waals surface area contributed by atoms with Crippen molar-refractivity contribution >= 4 is 34.1 Å². The van der Waals surface area contributed by atoms with E-state index < -0.39 is 6.04 Å². The lowest BCUT2D eigenvalue weighted by molar-refractivity contribution is -0.119. The molecular formula is C31H35FN4O2. The van der Waals surface area contributed by atoms with Crippen LogP contribution in [-0.2, 0) is 11.2 Å². The standard InChI is InChI=1S/C31H35FN4O2/c32-24-12-11-20-14-19(7-8-21(20)16-24)15-26-22-9-10-23(26)18-25(17-22)34-31(38)36-13-3-6-29(36)30(37)35-28-5-2-1-4-27(28)33/h1-2,4-5,7-8,11-12,14,16,22-23,25-26,29H,3,6,9-10,13,15,17-18,33H2,(H,34,38)(H,35,37)/t22?,23?,25?,26?,29-/m0/s1. The molecule has 4 N–H and O–H groups in total. The quantitative estimate of drug-likeness (QED) is 0.381. The minimum absolute atomic E-state index is 0.131. The molecule has 3 fully saturated rings. The number of hydrogen-bond acceptors (Lipinski definition) is 3. The zero-order chi connectivity index (χ0) is 26.2. The van der Waals surface area contributed by atoms with Crippen molar-refractivity contribution in [1.29, 1.82) is 0 Å². The highest BCUT2D eigenvalue weighted by molar-refractivity contribution is 5.99. The van der Waals surface area contributed by atoms with Crippen molar-refractivity contribution in [2.24, 2.45) is 17.8 Å². The first-order valence-corrected chi connectivity index (χ1v) is 13.9. The van der Waals surface area contributed by atoms with Gasteiger partial charge in [-0.2, -0.15) is 0 Å². The van der Waals surface area contributed by atoms with E-state index in [1.807, 2.05) is 24.3 Å². The maximum atomic E-state index is 13.6. The number of carbonyl (C=O) groups is 2. The van der Waals surface area contributed by atoms with Crippen molar-refractivity contribution in [3.05, 3.63) is 72.0 Å². The zero-order valence-electron chi connectivity index (χ0n) is 21.5. The SMILES string of the molecule is Nc1ccccc1NC(=O)[C@@H]1CCCN1C(=O)NC1CC2CCC(C1)C2Cc1ccc2cc(F)ccc2c1. The van der Waals surface area contributed by atoms with Crippen LogP contribution in [0.1, 0.15) is 44.1 Å². The Hall–Kier alpha value is -3.61. The second kappa shape index (κ2) is 10.3. The summed E-state index contributed by atoms with van der Waals surface area (Å²) in [4.78, 5) is 28.0. The maximum absolute atomic E-state index is 13.6. The Bertz CT molecular complexity index is 1350. The van der Waals surface area contributed by atoms with Gasteiger partial charge in [0.1, 0.15) is 11.9 Å². The van der Waals surface area contributed by atoms with E-state index >= 15 is 0 Å². The fraction of sp³-hybridized carbons (Fsp3) is 0.419. The van der Waals surface area contributed by atoms with E-state index in [1.165, 1.54) is 24.5 Å². The largest absolute Gasteiger partial charge is 0.397 e. The van der Waals surface area contributed by atoms with E-state index in [2.05, 4.69) is 22.8 Å². The molecular weight excluding hydrogens is 479 g/mol. The summed E-state index contributed by atoms with van der Waals surface area (Å²) < 4.78 is 13.6. The summed E-state index contributed by atoms with van der Waals surface area (Å²) in [7, 11) is 0. The molecule has 2 unspecified atom stereocenters. The predicted molar refractivity (Wildman–Crippen MR) is 148 cm³/mol. The molecule has 1 heterocycles. The number of rotatable bonds is 5. The van der Waals surface area contributed by atoms with Crippen LogP contribution >= 0.6 is 0 Å². The number of nitrogens with zero attached hydrogens (tertiary/aromatic N) is 1. The van der Waals surface area contributed by atoms with Crippen LogP contribution in [0.15, 0.2) is 60.7 Å². The zero-order valence-corrected chi connectivity index (χ0v) is 21.5. The molecule has 1 saturated heterocycles. The second-order valence-corrected chi connectivity index (χ2v) is 11.3. The van der Waals surface area contributed by atoms with E-state index in [1.54, 1.807) is 23.1 Å². The average molecular weight is 515 g/mol. The lowest BCUT2D eigenvalue weighted by atomic mass is 9.73. The molecule has 0 aromatic heterocycles. The van der Waals surface area contributed by atoms with Crippen LogP contribution in [-0.4, -0.2) is 35.5 Å². The molecule has 38 heavy (non-hydrogen) atoms. The molecule has 2 aliphatic carbocycles.